The zero-order valence-corrected chi connectivity index (χ0v) is 10.5. The van der Waals surface area contributed by atoms with E-state index in [2.05, 4.69) is 11.8 Å². The maximum absolute atomic E-state index is 6.36. The second kappa shape index (κ2) is 5.99. The van der Waals surface area contributed by atoms with Crippen molar-refractivity contribution in [3.63, 3.8) is 0 Å². The van der Waals surface area contributed by atoms with Gasteiger partial charge < -0.3 is 10.5 Å². The number of nitrogens with two attached hydrogens (primary N) is 1. The summed E-state index contributed by atoms with van der Waals surface area (Å²) >= 11 is 0. The van der Waals surface area contributed by atoms with Crippen molar-refractivity contribution >= 4 is 0 Å². The van der Waals surface area contributed by atoms with Gasteiger partial charge >= 0.3 is 0 Å². The van der Waals surface area contributed by atoms with Crippen LogP contribution in [0.5, 0.6) is 0 Å². The van der Waals surface area contributed by atoms with E-state index >= 15 is 0 Å². The Labute approximate surface area is 99.3 Å². The minimum absolute atomic E-state index is 0.376. The molecule has 3 heteroatoms. The van der Waals surface area contributed by atoms with E-state index in [0.29, 0.717) is 12.1 Å². The second-order valence-corrected chi connectivity index (χ2v) is 5.48. The van der Waals surface area contributed by atoms with Crippen LogP contribution in [0.4, 0.5) is 0 Å². The molecule has 0 aromatic heterocycles. The predicted octanol–water partition coefficient (Wildman–Crippen LogP) is 1.61. The molecule has 1 heterocycles. The molecule has 1 saturated heterocycles. The van der Waals surface area contributed by atoms with Crippen molar-refractivity contribution in [3.05, 3.63) is 0 Å². The van der Waals surface area contributed by atoms with Gasteiger partial charge in [0.2, 0.25) is 0 Å². The van der Waals surface area contributed by atoms with E-state index in [1.54, 1.807) is 0 Å². The fourth-order valence-electron chi connectivity index (χ4n) is 3.01. The lowest BCUT2D eigenvalue weighted by Gasteiger charge is -2.37. The van der Waals surface area contributed by atoms with Crippen LogP contribution in [-0.2, 0) is 4.74 Å². The minimum Gasteiger partial charge on any atom is -0.379 e. The monoisotopic (exact) mass is 226 g/mol. The molecule has 2 aliphatic rings. The van der Waals surface area contributed by atoms with Crippen LogP contribution >= 0.6 is 0 Å². The molecule has 0 spiro atoms. The van der Waals surface area contributed by atoms with Crippen LogP contribution < -0.4 is 5.73 Å². The Morgan fingerprint density at radius 1 is 1.31 bits per heavy atom. The molecule has 3 nitrogen and oxygen atoms in total. The molecule has 1 aliphatic heterocycles. The van der Waals surface area contributed by atoms with Crippen LogP contribution in [0, 0.1) is 5.92 Å². The van der Waals surface area contributed by atoms with Gasteiger partial charge in [-0.1, -0.05) is 19.3 Å². The van der Waals surface area contributed by atoms with E-state index in [-0.39, 0.29) is 0 Å². The molecular formula is C13H26N2O. The number of morpholine rings is 1. The van der Waals surface area contributed by atoms with Crippen molar-refractivity contribution in [3.8, 4) is 0 Å². The lowest BCUT2D eigenvalue weighted by molar-refractivity contribution is -0.00609. The first-order chi connectivity index (χ1) is 7.77. The summed E-state index contributed by atoms with van der Waals surface area (Å²) in [6.45, 7) is 6.11. The average Bonchev–Trinajstić information content (AvgIpc) is 2.33. The quantitative estimate of drug-likeness (QED) is 0.794. The topological polar surface area (TPSA) is 38.5 Å². The van der Waals surface area contributed by atoms with Crippen LogP contribution in [0.15, 0.2) is 0 Å². The number of ether oxygens (including phenoxy) is 1. The van der Waals surface area contributed by atoms with Gasteiger partial charge in [-0.15, -0.1) is 0 Å². The average molecular weight is 226 g/mol. The first-order valence-corrected chi connectivity index (χ1v) is 6.85. The van der Waals surface area contributed by atoms with Crippen LogP contribution in [0.3, 0.4) is 0 Å². The summed E-state index contributed by atoms with van der Waals surface area (Å²) in [6.07, 6.45) is 6.88. The highest BCUT2D eigenvalue weighted by Gasteiger charge is 2.25. The maximum Gasteiger partial charge on any atom is 0.0619 e. The summed E-state index contributed by atoms with van der Waals surface area (Å²) in [5.41, 5.74) is 6.36. The molecule has 1 saturated carbocycles. The Morgan fingerprint density at radius 2 is 2.06 bits per heavy atom. The van der Waals surface area contributed by atoms with Gasteiger partial charge in [0, 0.05) is 25.2 Å². The number of hydrogen-bond acceptors (Lipinski definition) is 3. The molecule has 0 bridgehead atoms. The Bertz CT molecular complexity index is 204. The minimum atomic E-state index is 0.376. The highest BCUT2D eigenvalue weighted by molar-refractivity contribution is 4.82. The zero-order valence-electron chi connectivity index (χ0n) is 10.5. The Morgan fingerprint density at radius 3 is 2.75 bits per heavy atom. The van der Waals surface area contributed by atoms with Crippen LogP contribution in [0.2, 0.25) is 0 Å². The van der Waals surface area contributed by atoms with Gasteiger partial charge in [0.1, 0.15) is 0 Å². The number of rotatable bonds is 3. The van der Waals surface area contributed by atoms with Gasteiger partial charge in [-0.25, -0.2) is 0 Å². The van der Waals surface area contributed by atoms with E-state index < -0.39 is 0 Å². The Balaban J connectivity index is 1.78. The summed E-state index contributed by atoms with van der Waals surface area (Å²) < 4.78 is 5.46. The molecule has 0 aromatic rings. The molecule has 16 heavy (non-hydrogen) atoms. The van der Waals surface area contributed by atoms with Crippen molar-refractivity contribution in [1.29, 1.82) is 0 Å². The van der Waals surface area contributed by atoms with Crippen LogP contribution in [0.1, 0.15) is 39.0 Å². The standard InChI is InChI=1S/C13H26N2O/c1-11-10-16-8-7-15(11)9-13(14)12-5-3-2-4-6-12/h11-13H,2-10,14H2,1H3. The largest absolute Gasteiger partial charge is 0.379 e. The van der Waals surface area contributed by atoms with Crippen molar-refractivity contribution < 1.29 is 4.74 Å². The fraction of sp³-hybridized carbons (Fsp3) is 1.00. The van der Waals surface area contributed by atoms with Gasteiger partial charge in [0.25, 0.3) is 0 Å². The first kappa shape index (κ1) is 12.3. The van der Waals surface area contributed by atoms with Gasteiger partial charge in [-0.05, 0) is 25.7 Å². The third-order valence-corrected chi connectivity index (χ3v) is 4.21. The molecular weight excluding hydrogens is 200 g/mol. The summed E-state index contributed by atoms with van der Waals surface area (Å²) in [6, 6.07) is 0.921. The van der Waals surface area contributed by atoms with Crippen molar-refractivity contribution in [2.45, 2.75) is 51.1 Å². The summed E-state index contributed by atoms with van der Waals surface area (Å²) in [7, 11) is 0. The summed E-state index contributed by atoms with van der Waals surface area (Å²) in [5.74, 6) is 0.767. The Hall–Kier alpha value is -0.120. The molecule has 2 fully saturated rings. The van der Waals surface area contributed by atoms with Gasteiger partial charge in [-0.3, -0.25) is 4.90 Å². The summed E-state index contributed by atoms with van der Waals surface area (Å²) in [4.78, 5) is 2.50. The molecule has 2 unspecified atom stereocenters. The smallest absolute Gasteiger partial charge is 0.0619 e. The molecule has 0 amide bonds. The molecule has 94 valence electrons. The van der Waals surface area contributed by atoms with E-state index in [4.69, 9.17) is 10.5 Å². The second-order valence-electron chi connectivity index (χ2n) is 5.48. The molecule has 0 aromatic carbocycles. The molecule has 2 N–H and O–H groups in total. The van der Waals surface area contributed by atoms with E-state index in [9.17, 15) is 0 Å². The lowest BCUT2D eigenvalue weighted by atomic mass is 9.84. The maximum atomic E-state index is 6.36. The summed E-state index contributed by atoms with van der Waals surface area (Å²) in [5, 5.41) is 0. The number of hydrogen-bond donors (Lipinski definition) is 1. The lowest BCUT2D eigenvalue weighted by Crippen LogP contribution is -2.50. The molecule has 2 atom stereocenters. The zero-order chi connectivity index (χ0) is 11.4. The first-order valence-electron chi connectivity index (χ1n) is 6.85. The SMILES string of the molecule is CC1COCCN1CC(N)C1CCCCC1. The normalized spacial score (nSPS) is 31.5. The third kappa shape index (κ3) is 3.19. The van der Waals surface area contributed by atoms with Crippen molar-refractivity contribution in [1.82, 2.24) is 4.90 Å². The molecule has 0 radical (unpaired) electrons. The van der Waals surface area contributed by atoms with Gasteiger partial charge in [-0.2, -0.15) is 0 Å². The third-order valence-electron chi connectivity index (χ3n) is 4.21. The van der Waals surface area contributed by atoms with E-state index in [1.807, 2.05) is 0 Å². The van der Waals surface area contributed by atoms with Crippen molar-refractivity contribution in [2.75, 3.05) is 26.3 Å². The Kier molecular flexibility index (Phi) is 4.62. The molecule has 2 rings (SSSR count). The molecule has 1 aliphatic carbocycles. The van der Waals surface area contributed by atoms with Gasteiger partial charge in [0.15, 0.2) is 0 Å². The predicted molar refractivity (Wildman–Crippen MR) is 66.4 cm³/mol. The van der Waals surface area contributed by atoms with E-state index in [1.165, 1.54) is 32.1 Å². The number of nitrogens with zero attached hydrogens (tertiary/aromatic N) is 1. The highest BCUT2D eigenvalue weighted by atomic mass is 16.5. The van der Waals surface area contributed by atoms with Crippen molar-refractivity contribution in [2.24, 2.45) is 11.7 Å². The van der Waals surface area contributed by atoms with Crippen LogP contribution in [-0.4, -0.2) is 43.3 Å². The fourth-order valence-corrected chi connectivity index (χ4v) is 3.01. The van der Waals surface area contributed by atoms with E-state index in [0.717, 1.165) is 32.2 Å². The highest BCUT2D eigenvalue weighted by Crippen LogP contribution is 2.26. The van der Waals surface area contributed by atoms with Crippen LogP contribution in [0.25, 0.3) is 0 Å². The van der Waals surface area contributed by atoms with Gasteiger partial charge in [0.05, 0.1) is 13.2 Å².